The number of anilines is 1. The van der Waals surface area contributed by atoms with E-state index in [-0.39, 0.29) is 0 Å². The Morgan fingerprint density at radius 1 is 1.38 bits per heavy atom. The summed E-state index contributed by atoms with van der Waals surface area (Å²) in [5, 5.41) is 17.9. The lowest BCUT2D eigenvalue weighted by molar-refractivity contribution is 0.215. The molecular weight excluding hydrogens is 298 g/mol. The van der Waals surface area contributed by atoms with Gasteiger partial charge in [-0.25, -0.2) is 4.68 Å². The second-order valence-corrected chi connectivity index (χ2v) is 6.66. The summed E-state index contributed by atoms with van der Waals surface area (Å²) in [6, 6.07) is 10.0. The van der Waals surface area contributed by atoms with Crippen LogP contribution in [0.5, 0.6) is 0 Å². The molecule has 5 nitrogen and oxygen atoms in total. The number of hydrogen-bond donors (Lipinski definition) is 1. The average molecular weight is 321 g/mol. The van der Waals surface area contributed by atoms with Gasteiger partial charge in [0.1, 0.15) is 11.9 Å². The molecule has 24 heavy (non-hydrogen) atoms. The molecule has 1 aromatic carbocycles. The zero-order valence-corrected chi connectivity index (χ0v) is 14.1. The van der Waals surface area contributed by atoms with Crippen molar-refractivity contribution in [1.29, 1.82) is 5.26 Å². The van der Waals surface area contributed by atoms with Crippen LogP contribution in [0.15, 0.2) is 24.3 Å². The van der Waals surface area contributed by atoms with Gasteiger partial charge in [0.05, 0.1) is 16.9 Å². The molecule has 1 atom stereocenters. The largest absolute Gasteiger partial charge is 0.369 e. The molecule has 0 radical (unpaired) electrons. The molecule has 2 aliphatic heterocycles. The van der Waals surface area contributed by atoms with Crippen molar-refractivity contribution in [3.8, 4) is 11.8 Å². The Hall–Kier alpha value is -2.32. The standard InChI is InChI=1S/C19H23N5/c1-2-23-11-5-7-15(13-23)18-16-9-10-21-19(16)24(22-18)17-8-4-3-6-14(17)12-20/h3-4,6,8,15,21H,2,5,7,9-11,13H2,1H3. The van der Waals surface area contributed by atoms with E-state index in [0.29, 0.717) is 11.5 Å². The van der Waals surface area contributed by atoms with Gasteiger partial charge in [0.15, 0.2) is 0 Å². The molecule has 1 saturated heterocycles. The maximum absolute atomic E-state index is 9.43. The van der Waals surface area contributed by atoms with Crippen LogP contribution >= 0.6 is 0 Å². The zero-order valence-electron chi connectivity index (χ0n) is 14.1. The fourth-order valence-electron chi connectivity index (χ4n) is 4.02. The molecule has 2 aromatic rings. The summed E-state index contributed by atoms with van der Waals surface area (Å²) in [4.78, 5) is 2.52. The molecule has 1 N–H and O–H groups in total. The summed E-state index contributed by atoms with van der Waals surface area (Å²) in [5.74, 6) is 1.59. The fourth-order valence-corrected chi connectivity index (χ4v) is 4.02. The molecular formula is C19H23N5. The number of rotatable bonds is 3. The van der Waals surface area contributed by atoms with E-state index in [1.165, 1.54) is 30.6 Å². The topological polar surface area (TPSA) is 56.9 Å². The highest BCUT2D eigenvalue weighted by molar-refractivity contribution is 5.60. The van der Waals surface area contributed by atoms with Gasteiger partial charge in [0.25, 0.3) is 0 Å². The first kappa shape index (κ1) is 15.2. The number of likely N-dealkylation sites (tertiary alicyclic amines) is 1. The van der Waals surface area contributed by atoms with E-state index in [1.54, 1.807) is 0 Å². The van der Waals surface area contributed by atoms with Gasteiger partial charge >= 0.3 is 0 Å². The van der Waals surface area contributed by atoms with Crippen LogP contribution in [0.4, 0.5) is 5.82 Å². The Balaban J connectivity index is 1.77. The third kappa shape index (κ3) is 2.47. The third-order valence-electron chi connectivity index (χ3n) is 5.27. The number of nitriles is 1. The SMILES string of the molecule is CCN1CCCC(c2nn(-c3ccccc3C#N)c3c2CCN3)C1. The third-order valence-corrected chi connectivity index (χ3v) is 5.27. The summed E-state index contributed by atoms with van der Waals surface area (Å²) in [5.41, 5.74) is 4.13. The van der Waals surface area contributed by atoms with Gasteiger partial charge in [-0.15, -0.1) is 0 Å². The average Bonchev–Trinajstić information content (AvgIpc) is 3.24. The number of fused-ring (bicyclic) bond motifs is 1. The first-order valence-electron chi connectivity index (χ1n) is 8.89. The highest BCUT2D eigenvalue weighted by Crippen LogP contribution is 2.36. The van der Waals surface area contributed by atoms with Gasteiger partial charge in [-0.1, -0.05) is 19.1 Å². The second kappa shape index (κ2) is 6.29. The number of likely N-dealkylation sites (N-methyl/N-ethyl adjacent to an activating group) is 1. The smallest absolute Gasteiger partial charge is 0.133 e. The molecule has 2 aliphatic rings. The predicted molar refractivity (Wildman–Crippen MR) is 94.6 cm³/mol. The lowest BCUT2D eigenvalue weighted by atomic mass is 9.92. The maximum atomic E-state index is 9.43. The molecule has 1 fully saturated rings. The minimum atomic E-state index is 0.503. The summed E-state index contributed by atoms with van der Waals surface area (Å²) in [6.07, 6.45) is 3.48. The first-order chi connectivity index (χ1) is 11.8. The van der Waals surface area contributed by atoms with Gasteiger partial charge in [0.2, 0.25) is 0 Å². The molecule has 3 heterocycles. The van der Waals surface area contributed by atoms with Crippen LogP contribution < -0.4 is 5.32 Å². The van der Waals surface area contributed by atoms with E-state index >= 15 is 0 Å². The summed E-state index contributed by atoms with van der Waals surface area (Å²) < 4.78 is 1.96. The number of hydrogen-bond acceptors (Lipinski definition) is 4. The molecule has 0 amide bonds. The van der Waals surface area contributed by atoms with Crippen LogP contribution in [-0.4, -0.2) is 40.9 Å². The summed E-state index contributed by atoms with van der Waals surface area (Å²) >= 11 is 0. The van der Waals surface area contributed by atoms with Crippen LogP contribution in [0, 0.1) is 11.3 Å². The summed E-state index contributed by atoms with van der Waals surface area (Å²) in [6.45, 7) is 6.59. The number of nitrogens with one attached hydrogen (secondary N) is 1. The predicted octanol–water partition coefficient (Wildman–Crippen LogP) is 2.91. The van der Waals surface area contributed by atoms with Crippen molar-refractivity contribution in [2.45, 2.75) is 32.1 Å². The van der Waals surface area contributed by atoms with Crippen LogP contribution in [0.3, 0.4) is 0 Å². The van der Waals surface area contributed by atoms with Gasteiger partial charge in [-0.05, 0) is 44.5 Å². The minimum absolute atomic E-state index is 0.503. The van der Waals surface area contributed by atoms with Gasteiger partial charge in [0, 0.05) is 24.6 Å². The quantitative estimate of drug-likeness (QED) is 0.944. The van der Waals surface area contributed by atoms with Crippen molar-refractivity contribution in [1.82, 2.24) is 14.7 Å². The molecule has 1 aromatic heterocycles. The van der Waals surface area contributed by atoms with Crippen LogP contribution in [-0.2, 0) is 6.42 Å². The second-order valence-electron chi connectivity index (χ2n) is 6.66. The molecule has 5 heteroatoms. The van der Waals surface area contributed by atoms with Crippen molar-refractivity contribution in [3.05, 3.63) is 41.1 Å². The van der Waals surface area contributed by atoms with Gasteiger partial charge < -0.3 is 10.2 Å². The lowest BCUT2D eigenvalue weighted by Gasteiger charge is -2.31. The normalized spacial score (nSPS) is 20.4. The van der Waals surface area contributed by atoms with Crippen LogP contribution in [0.1, 0.15) is 42.5 Å². The molecule has 4 rings (SSSR count). The molecule has 124 valence electrons. The van der Waals surface area contributed by atoms with E-state index in [4.69, 9.17) is 5.10 Å². The Kier molecular flexibility index (Phi) is 3.99. The summed E-state index contributed by atoms with van der Waals surface area (Å²) in [7, 11) is 0. The lowest BCUT2D eigenvalue weighted by Crippen LogP contribution is -2.34. The van der Waals surface area contributed by atoms with Gasteiger partial charge in [-0.3, -0.25) is 0 Å². The van der Waals surface area contributed by atoms with Crippen molar-refractivity contribution in [2.24, 2.45) is 0 Å². The van der Waals surface area contributed by atoms with Crippen molar-refractivity contribution >= 4 is 5.82 Å². The Morgan fingerprint density at radius 2 is 2.25 bits per heavy atom. The number of aromatic nitrogens is 2. The maximum Gasteiger partial charge on any atom is 0.133 e. The van der Waals surface area contributed by atoms with E-state index < -0.39 is 0 Å². The van der Waals surface area contributed by atoms with Crippen molar-refractivity contribution in [3.63, 3.8) is 0 Å². The highest BCUT2D eigenvalue weighted by atomic mass is 15.3. The van der Waals surface area contributed by atoms with E-state index in [2.05, 4.69) is 23.2 Å². The number of para-hydroxylation sites is 1. The Morgan fingerprint density at radius 3 is 3.08 bits per heavy atom. The van der Waals surface area contributed by atoms with Crippen LogP contribution in [0.2, 0.25) is 0 Å². The van der Waals surface area contributed by atoms with E-state index in [1.807, 2.05) is 28.9 Å². The molecule has 0 saturated carbocycles. The zero-order chi connectivity index (χ0) is 16.5. The number of nitrogens with zero attached hydrogens (tertiary/aromatic N) is 4. The minimum Gasteiger partial charge on any atom is -0.369 e. The van der Waals surface area contributed by atoms with Crippen LogP contribution in [0.25, 0.3) is 5.69 Å². The fraction of sp³-hybridized carbons (Fsp3) is 0.474. The number of benzene rings is 1. The highest BCUT2D eigenvalue weighted by Gasteiger charge is 2.30. The van der Waals surface area contributed by atoms with Gasteiger partial charge in [-0.2, -0.15) is 10.4 Å². The van der Waals surface area contributed by atoms with E-state index in [0.717, 1.165) is 37.6 Å². The number of piperidine rings is 1. The molecule has 0 bridgehead atoms. The first-order valence-corrected chi connectivity index (χ1v) is 8.89. The van der Waals surface area contributed by atoms with Crippen molar-refractivity contribution in [2.75, 3.05) is 31.5 Å². The Bertz CT molecular complexity index is 786. The monoisotopic (exact) mass is 321 g/mol. The van der Waals surface area contributed by atoms with E-state index in [9.17, 15) is 5.26 Å². The molecule has 0 spiro atoms. The molecule has 1 unspecified atom stereocenters. The Labute approximate surface area is 142 Å². The van der Waals surface area contributed by atoms with Crippen molar-refractivity contribution < 1.29 is 0 Å². The molecule has 0 aliphatic carbocycles.